The molecule has 0 aliphatic carbocycles. The second-order valence-corrected chi connectivity index (χ2v) is 6.42. The highest BCUT2D eigenvalue weighted by atomic mass is 79.9. The summed E-state index contributed by atoms with van der Waals surface area (Å²) in [7, 11) is 1.72. The maximum atomic E-state index is 12.9. The van der Waals surface area contributed by atoms with Crippen LogP contribution in [-0.2, 0) is 11.3 Å². The van der Waals surface area contributed by atoms with Gasteiger partial charge in [-0.3, -0.25) is 4.79 Å². The van der Waals surface area contributed by atoms with E-state index in [9.17, 15) is 4.79 Å². The van der Waals surface area contributed by atoms with Gasteiger partial charge in [0.1, 0.15) is 5.69 Å². The van der Waals surface area contributed by atoms with Crippen LogP contribution in [0.5, 0.6) is 0 Å². The summed E-state index contributed by atoms with van der Waals surface area (Å²) in [6.45, 7) is 4.12. The lowest BCUT2D eigenvalue weighted by Crippen LogP contribution is -2.51. The van der Waals surface area contributed by atoms with Gasteiger partial charge in [-0.05, 0) is 41.3 Å². The number of carbonyl (C=O) groups excluding carboxylic acids is 1. The van der Waals surface area contributed by atoms with Gasteiger partial charge in [-0.15, -0.1) is 0 Å². The Morgan fingerprint density at radius 2 is 2.33 bits per heavy atom. The Morgan fingerprint density at radius 1 is 1.57 bits per heavy atom. The first-order valence-electron chi connectivity index (χ1n) is 7.50. The summed E-state index contributed by atoms with van der Waals surface area (Å²) < 4.78 is 8.37. The third-order valence-electron chi connectivity index (χ3n) is 4.08. The number of aromatic nitrogens is 1. The number of halogens is 1. The predicted molar refractivity (Wildman–Crippen MR) is 86.3 cm³/mol. The van der Waals surface area contributed by atoms with Gasteiger partial charge in [-0.25, -0.2) is 0 Å². The average Bonchev–Trinajstić information content (AvgIpc) is 2.87. The van der Waals surface area contributed by atoms with Crippen molar-refractivity contribution in [1.82, 2.24) is 9.47 Å². The molecule has 1 aliphatic rings. The SMILES string of the molecule is CCCn1cc(Br)cc1C(=O)N1CCC(OC)CC1CN. The number of rotatable bonds is 5. The molecule has 1 fully saturated rings. The van der Waals surface area contributed by atoms with E-state index in [1.165, 1.54) is 0 Å². The first kappa shape index (κ1) is 16.5. The van der Waals surface area contributed by atoms with Gasteiger partial charge in [0.15, 0.2) is 0 Å². The van der Waals surface area contributed by atoms with Crippen molar-refractivity contribution in [3.05, 3.63) is 22.4 Å². The minimum atomic E-state index is 0.0555. The lowest BCUT2D eigenvalue weighted by molar-refractivity contribution is 0.0134. The number of carbonyl (C=O) groups is 1. The summed E-state index contributed by atoms with van der Waals surface area (Å²) in [6, 6.07) is 1.95. The number of nitrogens with zero attached hydrogens (tertiary/aromatic N) is 2. The molecule has 1 aromatic heterocycles. The lowest BCUT2D eigenvalue weighted by atomic mass is 9.99. The Morgan fingerprint density at radius 3 is 2.95 bits per heavy atom. The van der Waals surface area contributed by atoms with E-state index in [-0.39, 0.29) is 18.1 Å². The molecule has 0 aromatic carbocycles. The third kappa shape index (κ3) is 3.67. The minimum Gasteiger partial charge on any atom is -0.381 e. The summed E-state index contributed by atoms with van der Waals surface area (Å²) in [5.41, 5.74) is 6.60. The van der Waals surface area contributed by atoms with Gasteiger partial charge in [-0.1, -0.05) is 6.92 Å². The Balaban J connectivity index is 2.18. The summed E-state index contributed by atoms with van der Waals surface area (Å²) in [6.07, 6.45) is 4.85. The molecule has 5 nitrogen and oxygen atoms in total. The van der Waals surface area contributed by atoms with Crippen LogP contribution in [0.3, 0.4) is 0 Å². The molecule has 2 heterocycles. The zero-order valence-electron chi connectivity index (χ0n) is 12.7. The Labute approximate surface area is 134 Å². The van der Waals surface area contributed by atoms with Gasteiger partial charge in [0.05, 0.1) is 6.10 Å². The lowest BCUT2D eigenvalue weighted by Gasteiger charge is -2.38. The smallest absolute Gasteiger partial charge is 0.270 e. The molecule has 0 saturated carbocycles. The molecule has 2 rings (SSSR count). The van der Waals surface area contributed by atoms with Crippen LogP contribution in [0.4, 0.5) is 0 Å². The van der Waals surface area contributed by atoms with Crippen molar-refractivity contribution in [1.29, 1.82) is 0 Å². The Kier molecular flexibility index (Phi) is 5.84. The first-order valence-corrected chi connectivity index (χ1v) is 8.29. The zero-order chi connectivity index (χ0) is 15.4. The van der Waals surface area contributed by atoms with E-state index >= 15 is 0 Å². The second kappa shape index (κ2) is 7.42. The highest BCUT2D eigenvalue weighted by Crippen LogP contribution is 2.23. The first-order chi connectivity index (χ1) is 10.1. The fourth-order valence-corrected chi connectivity index (χ4v) is 3.41. The van der Waals surface area contributed by atoms with E-state index in [0.717, 1.165) is 36.0 Å². The standard InChI is InChI=1S/C15H24BrN3O2/c1-3-5-18-10-11(16)7-14(18)15(20)19-6-4-13(21-2)8-12(19)9-17/h7,10,12-13H,3-6,8-9,17H2,1-2H3. The maximum absolute atomic E-state index is 12.9. The third-order valence-corrected chi connectivity index (χ3v) is 4.51. The van der Waals surface area contributed by atoms with Crippen molar-refractivity contribution in [2.75, 3.05) is 20.2 Å². The number of methoxy groups -OCH3 is 1. The zero-order valence-corrected chi connectivity index (χ0v) is 14.3. The largest absolute Gasteiger partial charge is 0.381 e. The van der Waals surface area contributed by atoms with E-state index in [1.54, 1.807) is 7.11 Å². The van der Waals surface area contributed by atoms with Gasteiger partial charge in [0.2, 0.25) is 0 Å². The summed E-state index contributed by atoms with van der Waals surface area (Å²) in [5.74, 6) is 0.0687. The van der Waals surface area contributed by atoms with Crippen molar-refractivity contribution < 1.29 is 9.53 Å². The topological polar surface area (TPSA) is 60.5 Å². The number of likely N-dealkylation sites (tertiary alicyclic amines) is 1. The fourth-order valence-electron chi connectivity index (χ4n) is 2.95. The highest BCUT2D eigenvalue weighted by molar-refractivity contribution is 9.10. The molecule has 1 aliphatic heterocycles. The molecule has 0 bridgehead atoms. The summed E-state index contributed by atoms with van der Waals surface area (Å²) >= 11 is 3.46. The van der Waals surface area contributed by atoms with E-state index in [0.29, 0.717) is 13.1 Å². The molecular formula is C15H24BrN3O2. The quantitative estimate of drug-likeness (QED) is 0.878. The molecule has 2 atom stereocenters. The number of amides is 1. The van der Waals surface area contributed by atoms with Crippen molar-refractivity contribution in [2.45, 2.75) is 44.9 Å². The number of hydrogen-bond acceptors (Lipinski definition) is 3. The van der Waals surface area contributed by atoms with E-state index < -0.39 is 0 Å². The van der Waals surface area contributed by atoms with Crippen LogP contribution in [-0.4, -0.2) is 47.7 Å². The molecule has 1 saturated heterocycles. The van der Waals surface area contributed by atoms with Gasteiger partial charge in [0, 0.05) is 43.5 Å². The Bertz CT molecular complexity index is 489. The molecule has 2 N–H and O–H groups in total. The molecule has 118 valence electrons. The van der Waals surface area contributed by atoms with Crippen LogP contribution in [0.25, 0.3) is 0 Å². The minimum absolute atomic E-state index is 0.0555. The van der Waals surface area contributed by atoms with E-state index in [4.69, 9.17) is 10.5 Å². The van der Waals surface area contributed by atoms with Gasteiger partial charge >= 0.3 is 0 Å². The van der Waals surface area contributed by atoms with Gasteiger partial charge < -0.3 is 19.9 Å². The van der Waals surface area contributed by atoms with E-state index in [1.807, 2.05) is 21.7 Å². The summed E-state index contributed by atoms with van der Waals surface area (Å²) in [4.78, 5) is 14.8. The molecule has 1 amide bonds. The van der Waals surface area contributed by atoms with Crippen LogP contribution in [0.2, 0.25) is 0 Å². The maximum Gasteiger partial charge on any atom is 0.270 e. The second-order valence-electron chi connectivity index (χ2n) is 5.51. The molecular weight excluding hydrogens is 334 g/mol. The number of ether oxygens (including phenoxy) is 1. The summed E-state index contributed by atoms with van der Waals surface area (Å²) in [5, 5.41) is 0. The van der Waals surface area contributed by atoms with Crippen molar-refractivity contribution in [3.63, 3.8) is 0 Å². The van der Waals surface area contributed by atoms with Crippen LogP contribution in [0.15, 0.2) is 16.7 Å². The van der Waals surface area contributed by atoms with Crippen LogP contribution >= 0.6 is 15.9 Å². The van der Waals surface area contributed by atoms with Crippen LogP contribution < -0.4 is 5.73 Å². The molecule has 6 heteroatoms. The molecule has 0 spiro atoms. The van der Waals surface area contributed by atoms with Gasteiger partial charge in [-0.2, -0.15) is 0 Å². The van der Waals surface area contributed by atoms with Crippen molar-refractivity contribution in [3.8, 4) is 0 Å². The normalized spacial score (nSPS) is 22.6. The molecule has 2 unspecified atom stereocenters. The monoisotopic (exact) mass is 357 g/mol. The fraction of sp³-hybridized carbons (Fsp3) is 0.667. The molecule has 1 aromatic rings. The number of hydrogen-bond donors (Lipinski definition) is 1. The van der Waals surface area contributed by atoms with Crippen molar-refractivity contribution in [2.24, 2.45) is 5.73 Å². The number of piperidine rings is 1. The number of nitrogens with two attached hydrogens (primary N) is 1. The van der Waals surface area contributed by atoms with Crippen LogP contribution in [0.1, 0.15) is 36.7 Å². The number of aryl methyl sites for hydroxylation is 1. The van der Waals surface area contributed by atoms with E-state index in [2.05, 4.69) is 22.9 Å². The predicted octanol–water partition coefficient (Wildman–Crippen LogP) is 2.24. The van der Waals surface area contributed by atoms with Crippen molar-refractivity contribution >= 4 is 21.8 Å². The average molecular weight is 358 g/mol. The highest BCUT2D eigenvalue weighted by Gasteiger charge is 2.32. The Hall–Kier alpha value is -0.850. The molecule has 21 heavy (non-hydrogen) atoms. The molecule has 0 radical (unpaired) electrons. The van der Waals surface area contributed by atoms with Gasteiger partial charge in [0.25, 0.3) is 5.91 Å². The van der Waals surface area contributed by atoms with Crippen LogP contribution in [0, 0.1) is 0 Å².